The molecule has 1 aliphatic carbocycles. The number of hydrazine groups is 1. The minimum atomic E-state index is -0.385. The molecule has 1 aromatic rings. The summed E-state index contributed by atoms with van der Waals surface area (Å²) >= 11 is 5.20. The van der Waals surface area contributed by atoms with Crippen LogP contribution in [0.25, 0.3) is 0 Å². The fourth-order valence-corrected chi connectivity index (χ4v) is 3.25. The molecule has 0 bridgehead atoms. The number of hydrogen-bond donors (Lipinski definition) is 4. The molecule has 4 N–H and O–H groups in total. The second-order valence-electron chi connectivity index (χ2n) is 7.32. The Morgan fingerprint density at radius 1 is 1.23 bits per heavy atom. The number of benzene rings is 1. The van der Waals surface area contributed by atoms with Gasteiger partial charge < -0.3 is 20.1 Å². The topological polar surface area (TPSA) is 104 Å². The van der Waals surface area contributed by atoms with Gasteiger partial charge >= 0.3 is 0 Å². The largest absolute Gasteiger partial charge is 0.496 e. The Morgan fingerprint density at radius 3 is 2.70 bits per heavy atom. The minimum absolute atomic E-state index is 0.000893. The highest BCUT2D eigenvalue weighted by molar-refractivity contribution is 7.80. The molecule has 1 aromatic carbocycles. The second kappa shape index (κ2) is 11.1. The van der Waals surface area contributed by atoms with Crippen molar-refractivity contribution in [2.45, 2.75) is 19.3 Å². The van der Waals surface area contributed by atoms with Crippen LogP contribution in [-0.4, -0.2) is 68.3 Å². The summed E-state index contributed by atoms with van der Waals surface area (Å²) in [6.45, 7) is 5.19. The molecular weight excluding hydrogens is 406 g/mol. The Balaban J connectivity index is 1.39. The zero-order valence-corrected chi connectivity index (χ0v) is 18.0. The number of nitrogens with zero attached hydrogens (tertiary/aromatic N) is 1. The van der Waals surface area contributed by atoms with E-state index >= 15 is 0 Å². The van der Waals surface area contributed by atoms with Crippen molar-refractivity contribution in [3.8, 4) is 5.75 Å². The van der Waals surface area contributed by atoms with Crippen LogP contribution in [0, 0.1) is 5.92 Å². The van der Waals surface area contributed by atoms with Gasteiger partial charge in [-0.25, -0.2) is 0 Å². The molecule has 3 rings (SSSR count). The maximum atomic E-state index is 12.5. The van der Waals surface area contributed by atoms with E-state index in [9.17, 15) is 9.59 Å². The molecule has 2 aliphatic rings. The quantitative estimate of drug-likeness (QED) is 0.271. The van der Waals surface area contributed by atoms with Gasteiger partial charge in [0.05, 0.1) is 25.9 Å². The first-order valence-electron chi connectivity index (χ1n) is 10.2. The van der Waals surface area contributed by atoms with Gasteiger partial charge in [0.2, 0.25) is 5.91 Å². The molecule has 0 aromatic heterocycles. The van der Waals surface area contributed by atoms with Crippen molar-refractivity contribution in [2.24, 2.45) is 5.92 Å². The van der Waals surface area contributed by atoms with Gasteiger partial charge in [0.1, 0.15) is 5.75 Å². The summed E-state index contributed by atoms with van der Waals surface area (Å²) in [7, 11) is 1.48. The van der Waals surface area contributed by atoms with Crippen molar-refractivity contribution in [1.29, 1.82) is 0 Å². The maximum absolute atomic E-state index is 12.5. The van der Waals surface area contributed by atoms with E-state index in [2.05, 4.69) is 26.4 Å². The third-order valence-corrected chi connectivity index (χ3v) is 5.24. The molecule has 0 atom stereocenters. The average Bonchev–Trinajstić information content (AvgIpc) is 3.61. The van der Waals surface area contributed by atoms with E-state index in [1.54, 1.807) is 18.2 Å². The number of amides is 2. The molecule has 0 unspecified atom stereocenters. The Labute approximate surface area is 181 Å². The summed E-state index contributed by atoms with van der Waals surface area (Å²) in [5, 5.41) is 6.26. The highest BCUT2D eigenvalue weighted by Gasteiger charge is 2.29. The van der Waals surface area contributed by atoms with Gasteiger partial charge in [-0.3, -0.25) is 25.3 Å². The van der Waals surface area contributed by atoms with Crippen LogP contribution in [0.1, 0.15) is 29.6 Å². The molecule has 30 heavy (non-hydrogen) atoms. The minimum Gasteiger partial charge on any atom is -0.496 e. The fourth-order valence-electron chi connectivity index (χ4n) is 3.10. The zero-order chi connectivity index (χ0) is 21.3. The van der Waals surface area contributed by atoms with Gasteiger partial charge in [0.15, 0.2) is 5.11 Å². The Kier molecular flexibility index (Phi) is 8.23. The van der Waals surface area contributed by atoms with Crippen LogP contribution in [0.5, 0.6) is 5.75 Å². The number of carbonyl (C=O) groups is 2. The van der Waals surface area contributed by atoms with Gasteiger partial charge in [-0.15, -0.1) is 0 Å². The summed E-state index contributed by atoms with van der Waals surface area (Å²) in [5.41, 5.74) is 6.21. The van der Waals surface area contributed by atoms with Crippen LogP contribution < -0.4 is 26.2 Å². The molecule has 2 amide bonds. The maximum Gasteiger partial charge on any atom is 0.273 e. The molecule has 164 valence electrons. The number of rotatable bonds is 8. The van der Waals surface area contributed by atoms with E-state index in [1.165, 1.54) is 7.11 Å². The number of anilines is 1. The number of carbonyl (C=O) groups excluding carboxylic acids is 2. The predicted molar refractivity (Wildman–Crippen MR) is 117 cm³/mol. The van der Waals surface area contributed by atoms with Crippen LogP contribution in [-0.2, 0) is 9.53 Å². The molecule has 1 heterocycles. The second-order valence-corrected chi connectivity index (χ2v) is 7.73. The lowest BCUT2D eigenvalue weighted by Gasteiger charge is -2.26. The standard InChI is InChI=1S/C20H29N5O4S/c1-28-17-13-15(22-18(26)14-3-4-14)5-6-16(17)19(27)23-24-20(30)21-7-2-8-25-9-11-29-12-10-25/h5-6,13-14H,2-4,7-12H2,1H3,(H,22,26)(H,23,27)(H2,21,24,30). The summed E-state index contributed by atoms with van der Waals surface area (Å²) in [5.74, 6) is 0.0863. The van der Waals surface area contributed by atoms with Crippen LogP contribution in [0.4, 0.5) is 5.69 Å². The molecule has 9 nitrogen and oxygen atoms in total. The molecule has 10 heteroatoms. The van der Waals surface area contributed by atoms with E-state index in [0.29, 0.717) is 28.7 Å². The normalized spacial score (nSPS) is 16.4. The Bertz CT molecular complexity index is 766. The monoisotopic (exact) mass is 435 g/mol. The third kappa shape index (κ3) is 6.82. The number of methoxy groups -OCH3 is 1. The highest BCUT2D eigenvalue weighted by Crippen LogP contribution is 2.31. The van der Waals surface area contributed by atoms with Crippen molar-refractivity contribution in [3.63, 3.8) is 0 Å². The smallest absolute Gasteiger partial charge is 0.273 e. The van der Waals surface area contributed by atoms with Gasteiger partial charge in [0.25, 0.3) is 5.91 Å². The lowest BCUT2D eigenvalue weighted by atomic mass is 10.1. The predicted octanol–water partition coefficient (Wildman–Crippen LogP) is 0.875. The molecule has 1 saturated heterocycles. The molecule has 1 saturated carbocycles. The summed E-state index contributed by atoms with van der Waals surface area (Å²) < 4.78 is 10.6. The summed E-state index contributed by atoms with van der Waals surface area (Å²) in [4.78, 5) is 26.7. The highest BCUT2D eigenvalue weighted by atomic mass is 32.1. The molecule has 0 radical (unpaired) electrons. The number of thiocarbonyl (C=S) groups is 1. The first kappa shape index (κ1) is 22.3. The van der Waals surface area contributed by atoms with Crippen molar-refractivity contribution >= 4 is 34.8 Å². The lowest BCUT2D eigenvalue weighted by molar-refractivity contribution is -0.117. The Morgan fingerprint density at radius 2 is 2.00 bits per heavy atom. The summed E-state index contributed by atoms with van der Waals surface area (Å²) in [6, 6.07) is 4.93. The van der Waals surface area contributed by atoms with Gasteiger partial charge in [-0.05, 0) is 50.2 Å². The molecule has 1 aliphatic heterocycles. The number of nitrogens with one attached hydrogen (secondary N) is 4. The van der Waals surface area contributed by atoms with Crippen molar-refractivity contribution in [3.05, 3.63) is 23.8 Å². The molecule has 2 fully saturated rings. The first-order valence-corrected chi connectivity index (χ1v) is 10.6. The van der Waals surface area contributed by atoms with E-state index < -0.39 is 0 Å². The van der Waals surface area contributed by atoms with Crippen LogP contribution in [0.2, 0.25) is 0 Å². The van der Waals surface area contributed by atoms with Crippen molar-refractivity contribution < 1.29 is 19.1 Å². The fraction of sp³-hybridized carbons (Fsp3) is 0.550. The SMILES string of the molecule is COc1cc(NC(=O)C2CC2)ccc1C(=O)NNC(=S)NCCCN1CCOCC1. The average molecular weight is 436 g/mol. The van der Waals surface area contributed by atoms with Crippen LogP contribution >= 0.6 is 12.2 Å². The number of ether oxygens (including phenoxy) is 2. The van der Waals surface area contributed by atoms with Crippen molar-refractivity contribution in [1.82, 2.24) is 21.1 Å². The van der Waals surface area contributed by atoms with Crippen LogP contribution in [0.15, 0.2) is 18.2 Å². The van der Waals surface area contributed by atoms with E-state index in [1.807, 2.05) is 0 Å². The molecular formula is C20H29N5O4S. The van der Waals surface area contributed by atoms with Crippen LogP contribution in [0.3, 0.4) is 0 Å². The van der Waals surface area contributed by atoms with Crippen molar-refractivity contribution in [2.75, 3.05) is 51.8 Å². The zero-order valence-electron chi connectivity index (χ0n) is 17.2. The lowest BCUT2D eigenvalue weighted by Crippen LogP contribution is -2.47. The molecule has 0 spiro atoms. The van der Waals surface area contributed by atoms with Gasteiger partial charge in [-0.1, -0.05) is 0 Å². The number of hydrogen-bond acceptors (Lipinski definition) is 6. The van der Waals surface area contributed by atoms with E-state index in [0.717, 1.165) is 52.1 Å². The van der Waals surface area contributed by atoms with E-state index in [4.69, 9.17) is 21.7 Å². The van der Waals surface area contributed by atoms with E-state index in [-0.39, 0.29) is 17.7 Å². The Hall–Kier alpha value is -2.43. The first-order chi connectivity index (χ1) is 14.6. The van der Waals surface area contributed by atoms with Gasteiger partial charge in [-0.2, -0.15) is 0 Å². The summed E-state index contributed by atoms with van der Waals surface area (Å²) in [6.07, 6.45) is 2.80. The van der Waals surface area contributed by atoms with Gasteiger partial charge in [0, 0.05) is 37.3 Å². The number of morpholine rings is 1. The third-order valence-electron chi connectivity index (χ3n) is 4.99.